The largest absolute Gasteiger partial charge is 0.394 e. The monoisotopic (exact) mass is 545 g/mol. The lowest BCUT2D eigenvalue weighted by molar-refractivity contribution is -0.0459. The summed E-state index contributed by atoms with van der Waals surface area (Å²) in [7, 11) is 0. The lowest BCUT2D eigenvalue weighted by atomic mass is 9.88. The smallest absolute Gasteiger partial charge is 0.330 e. The molecule has 8 rings (SSSR count). The van der Waals surface area contributed by atoms with Crippen LogP contribution in [0, 0.1) is 0 Å². The maximum atomic E-state index is 12.8. The topological polar surface area (TPSA) is 135 Å². The second-order valence-corrected chi connectivity index (χ2v) is 10.4. The average Bonchev–Trinajstić information content (AvgIpc) is 3.62. The highest BCUT2D eigenvalue weighted by molar-refractivity contribution is 6.33. The molecule has 0 unspecified atom stereocenters. The Morgan fingerprint density at radius 1 is 0.878 bits per heavy atom. The Morgan fingerprint density at radius 3 is 2.29 bits per heavy atom. The molecule has 1 fully saturated rings. The Labute approximate surface area is 231 Å². The van der Waals surface area contributed by atoms with Crippen LogP contribution >= 0.6 is 0 Å². The molecule has 0 saturated carbocycles. The molecule has 5 aromatic carbocycles. The van der Waals surface area contributed by atoms with Gasteiger partial charge in [0.05, 0.1) is 18.9 Å². The predicted octanol–water partition coefficient (Wildman–Crippen LogP) is 3.48. The Balaban J connectivity index is 1.28. The highest BCUT2D eigenvalue weighted by Crippen LogP contribution is 2.42. The minimum absolute atomic E-state index is 0.0669. The Hall–Kier alpha value is -4.90. The normalized spacial score (nSPS) is 19.3. The molecule has 3 heterocycles. The third-order valence-corrected chi connectivity index (χ3v) is 8.19. The fraction of sp³-hybridized carbons (Fsp3) is 0.161. The first-order valence-corrected chi connectivity index (χ1v) is 13.3. The van der Waals surface area contributed by atoms with Crippen LogP contribution in [-0.4, -0.2) is 53.6 Å². The first kappa shape index (κ1) is 23.9. The van der Waals surface area contributed by atoms with Crippen LogP contribution in [0.25, 0.3) is 60.0 Å². The summed E-state index contributed by atoms with van der Waals surface area (Å²) in [6.45, 7) is -0.385. The molecule has 1 aliphatic heterocycles. The fourth-order valence-electron chi connectivity index (χ4n) is 6.28. The molecule has 0 spiro atoms. The van der Waals surface area contributed by atoms with Crippen LogP contribution in [0.5, 0.6) is 0 Å². The van der Waals surface area contributed by atoms with E-state index in [0.29, 0.717) is 5.69 Å². The SMILES string of the molecule is O=c1[nH]c(=O)n([C@H]2C[C@H](O)[C@@H](CO)O2)cc1-n1cc(-c2ccc3c4cccc5cccc(c6cccc2c63)c54)nn1. The standard InChI is InChI=1S/C31H23N5O5/c37-15-26-25(38)12-27(41-26)35-14-24(30(39)32-31(35)40)36-13-23(33-34-36)17-10-11-22-20-7-2-5-16-4-1-6-19(28(16)20)21-9-3-8-18(17)29(21)22/h1-11,13-14,25-27,37-38H,12,15H2,(H,32,39,40)/t25-,26+,27+/m0/s1. The van der Waals surface area contributed by atoms with E-state index in [1.54, 1.807) is 6.20 Å². The van der Waals surface area contributed by atoms with Gasteiger partial charge in [-0.3, -0.25) is 14.3 Å². The summed E-state index contributed by atoms with van der Waals surface area (Å²) >= 11 is 0. The molecule has 10 nitrogen and oxygen atoms in total. The number of rotatable bonds is 4. The van der Waals surface area contributed by atoms with Crippen molar-refractivity contribution in [3.8, 4) is 16.9 Å². The number of ether oxygens (including phenoxy) is 1. The number of H-pyrrole nitrogens is 1. The molecule has 0 aliphatic carbocycles. The highest BCUT2D eigenvalue weighted by Gasteiger charge is 2.35. The second-order valence-electron chi connectivity index (χ2n) is 10.4. The molecule has 7 aromatic rings. The molecule has 0 amide bonds. The number of benzene rings is 5. The van der Waals surface area contributed by atoms with Crippen molar-refractivity contribution in [2.75, 3.05) is 6.61 Å². The Bertz CT molecular complexity index is 2200. The van der Waals surface area contributed by atoms with E-state index < -0.39 is 29.7 Å². The van der Waals surface area contributed by atoms with Crippen molar-refractivity contribution < 1.29 is 14.9 Å². The van der Waals surface area contributed by atoms with E-state index in [0.717, 1.165) is 27.1 Å². The van der Waals surface area contributed by atoms with Gasteiger partial charge in [0.25, 0.3) is 5.56 Å². The summed E-state index contributed by atoms with van der Waals surface area (Å²) in [6, 6.07) is 23.1. The zero-order chi connectivity index (χ0) is 27.8. The lowest BCUT2D eigenvalue weighted by Crippen LogP contribution is -2.34. The third-order valence-electron chi connectivity index (χ3n) is 8.19. The van der Waals surface area contributed by atoms with E-state index in [1.165, 1.54) is 37.0 Å². The Morgan fingerprint density at radius 2 is 1.56 bits per heavy atom. The molecule has 0 bridgehead atoms. The maximum Gasteiger partial charge on any atom is 0.330 e. The van der Waals surface area contributed by atoms with Crippen molar-refractivity contribution in [2.24, 2.45) is 0 Å². The number of hydrogen-bond acceptors (Lipinski definition) is 7. The summed E-state index contributed by atoms with van der Waals surface area (Å²) in [6.07, 6.45) is 0.496. The van der Waals surface area contributed by atoms with Crippen molar-refractivity contribution in [3.05, 3.63) is 100.0 Å². The molecule has 1 aliphatic rings. The van der Waals surface area contributed by atoms with Crippen molar-refractivity contribution >= 4 is 43.1 Å². The van der Waals surface area contributed by atoms with Crippen LogP contribution < -0.4 is 11.2 Å². The summed E-state index contributed by atoms with van der Waals surface area (Å²) in [4.78, 5) is 27.7. The summed E-state index contributed by atoms with van der Waals surface area (Å²) < 4.78 is 8.14. The molecule has 41 heavy (non-hydrogen) atoms. The maximum absolute atomic E-state index is 12.8. The van der Waals surface area contributed by atoms with Gasteiger partial charge in [0.2, 0.25) is 0 Å². The molecular formula is C31H23N5O5. The number of aromatic amines is 1. The molecule has 3 N–H and O–H groups in total. The summed E-state index contributed by atoms with van der Waals surface area (Å²) in [5, 5.41) is 37.4. The molecular weight excluding hydrogens is 522 g/mol. The van der Waals surface area contributed by atoms with E-state index in [4.69, 9.17) is 4.74 Å². The van der Waals surface area contributed by atoms with Crippen LogP contribution in [0.3, 0.4) is 0 Å². The van der Waals surface area contributed by atoms with Gasteiger partial charge in [-0.25, -0.2) is 9.48 Å². The van der Waals surface area contributed by atoms with Crippen molar-refractivity contribution in [1.29, 1.82) is 0 Å². The number of aliphatic hydroxyl groups is 2. The first-order chi connectivity index (χ1) is 20.0. The number of nitrogens with zero attached hydrogens (tertiary/aromatic N) is 4. The quantitative estimate of drug-likeness (QED) is 0.228. The number of nitrogens with one attached hydrogen (secondary N) is 1. The van der Waals surface area contributed by atoms with Crippen molar-refractivity contribution in [3.63, 3.8) is 0 Å². The van der Waals surface area contributed by atoms with Gasteiger partial charge in [0, 0.05) is 18.2 Å². The van der Waals surface area contributed by atoms with Gasteiger partial charge in [0.1, 0.15) is 23.7 Å². The second kappa shape index (κ2) is 8.80. The van der Waals surface area contributed by atoms with Gasteiger partial charge in [-0.05, 0) is 43.1 Å². The number of aliphatic hydroxyl groups excluding tert-OH is 2. The van der Waals surface area contributed by atoms with Crippen LogP contribution in [0.15, 0.2) is 88.7 Å². The molecule has 3 atom stereocenters. The molecule has 2 aromatic heterocycles. The van der Waals surface area contributed by atoms with Gasteiger partial charge in [0.15, 0.2) is 0 Å². The van der Waals surface area contributed by atoms with Gasteiger partial charge in [-0.1, -0.05) is 71.9 Å². The number of aromatic nitrogens is 5. The van der Waals surface area contributed by atoms with Gasteiger partial charge in [-0.15, -0.1) is 5.10 Å². The van der Waals surface area contributed by atoms with Crippen LogP contribution in [0.1, 0.15) is 12.6 Å². The third kappa shape index (κ3) is 3.48. The number of hydrogen-bond donors (Lipinski definition) is 3. The minimum atomic E-state index is -0.933. The van der Waals surface area contributed by atoms with Crippen LogP contribution in [0.4, 0.5) is 0 Å². The first-order valence-electron chi connectivity index (χ1n) is 13.3. The molecule has 0 radical (unpaired) electrons. The summed E-state index contributed by atoms with van der Waals surface area (Å²) in [5.74, 6) is 0. The van der Waals surface area contributed by atoms with Crippen LogP contribution in [0.2, 0.25) is 0 Å². The van der Waals surface area contributed by atoms with Crippen LogP contribution in [-0.2, 0) is 4.74 Å². The minimum Gasteiger partial charge on any atom is -0.394 e. The van der Waals surface area contributed by atoms with E-state index in [-0.39, 0.29) is 18.7 Å². The van der Waals surface area contributed by atoms with Gasteiger partial charge >= 0.3 is 5.69 Å². The Kier molecular flexibility index (Phi) is 5.14. The van der Waals surface area contributed by atoms with E-state index in [2.05, 4.69) is 69.9 Å². The van der Waals surface area contributed by atoms with E-state index >= 15 is 0 Å². The lowest BCUT2D eigenvalue weighted by Gasteiger charge is -2.15. The molecule has 202 valence electrons. The van der Waals surface area contributed by atoms with Crippen molar-refractivity contribution in [1.82, 2.24) is 24.5 Å². The molecule has 10 heteroatoms. The highest BCUT2D eigenvalue weighted by atomic mass is 16.5. The zero-order valence-corrected chi connectivity index (χ0v) is 21.6. The van der Waals surface area contributed by atoms with E-state index in [9.17, 15) is 19.8 Å². The van der Waals surface area contributed by atoms with Gasteiger partial charge < -0.3 is 14.9 Å². The fourth-order valence-corrected chi connectivity index (χ4v) is 6.28. The van der Waals surface area contributed by atoms with Gasteiger partial charge in [-0.2, -0.15) is 0 Å². The van der Waals surface area contributed by atoms with E-state index in [1.807, 2.05) is 12.1 Å². The predicted molar refractivity (Wildman–Crippen MR) is 155 cm³/mol. The number of fused-ring (bicyclic) bond motifs is 2. The van der Waals surface area contributed by atoms with Crippen molar-refractivity contribution in [2.45, 2.75) is 24.9 Å². The zero-order valence-electron chi connectivity index (χ0n) is 21.6. The average molecular weight is 546 g/mol. The summed E-state index contributed by atoms with van der Waals surface area (Å²) in [5.41, 5.74) is 0.171. The molecule has 1 saturated heterocycles.